The molecule has 3 N–H and O–H groups in total. The lowest BCUT2D eigenvalue weighted by atomic mass is 10.0. The third-order valence-electron chi connectivity index (χ3n) is 4.17. The number of nitrogens with zero attached hydrogens (tertiary/aromatic N) is 1. The number of aryl methyl sites for hydroxylation is 1. The van der Waals surface area contributed by atoms with Gasteiger partial charge in [0.05, 0.1) is 45.3 Å². The molecule has 1 aromatic heterocycles. The van der Waals surface area contributed by atoms with Gasteiger partial charge >= 0.3 is 5.97 Å². The topological polar surface area (TPSA) is 148 Å². The van der Waals surface area contributed by atoms with Crippen molar-refractivity contribution in [1.82, 2.24) is 10.6 Å². The highest BCUT2D eigenvalue weighted by Crippen LogP contribution is 2.36. The third-order valence-corrected chi connectivity index (χ3v) is 5.71. The number of amides is 2. The van der Waals surface area contributed by atoms with Crippen LogP contribution in [0.2, 0.25) is 10.0 Å². The van der Waals surface area contributed by atoms with E-state index in [0.717, 1.165) is 17.4 Å². The monoisotopic (exact) mass is 503 g/mol. The van der Waals surface area contributed by atoms with Gasteiger partial charge in [0.25, 0.3) is 11.6 Å². The van der Waals surface area contributed by atoms with Crippen LogP contribution in [-0.4, -0.2) is 41.0 Å². The van der Waals surface area contributed by atoms with Gasteiger partial charge in [-0.3, -0.25) is 24.5 Å². The smallest absolute Gasteiger partial charge is 0.308 e. The van der Waals surface area contributed by atoms with Gasteiger partial charge in [-0.25, -0.2) is 0 Å². The molecule has 2 aromatic rings. The van der Waals surface area contributed by atoms with Crippen molar-refractivity contribution in [2.75, 3.05) is 13.2 Å². The van der Waals surface area contributed by atoms with Gasteiger partial charge in [0, 0.05) is 16.7 Å². The van der Waals surface area contributed by atoms with Gasteiger partial charge in [-0.1, -0.05) is 23.2 Å². The molecule has 10 nitrogen and oxygen atoms in total. The fraction of sp³-hybridized carbons (Fsp3) is 0.316. The molecule has 0 radical (unpaired) electrons. The first-order chi connectivity index (χ1) is 15.0. The van der Waals surface area contributed by atoms with E-state index >= 15 is 0 Å². The van der Waals surface area contributed by atoms with Gasteiger partial charge in [0.2, 0.25) is 5.91 Å². The Morgan fingerprint density at radius 2 is 1.97 bits per heavy atom. The molecule has 0 spiro atoms. The lowest BCUT2D eigenvalue weighted by Crippen LogP contribution is -2.39. The molecule has 0 aliphatic heterocycles. The average Bonchev–Trinajstić information content (AvgIpc) is 3.10. The zero-order chi connectivity index (χ0) is 24.0. The SMILES string of the molecule is CCOC(=O)C[C@H](NC(=O)CNC(=O)c1cc([N+](=O)[O-])c(C)s1)c1cc(Cl)cc(Cl)c1O. The van der Waals surface area contributed by atoms with Gasteiger partial charge in [0.1, 0.15) is 5.75 Å². The molecule has 2 amide bonds. The van der Waals surface area contributed by atoms with Crippen molar-refractivity contribution in [3.63, 3.8) is 0 Å². The number of hydrogen-bond acceptors (Lipinski definition) is 8. The third kappa shape index (κ3) is 6.55. The van der Waals surface area contributed by atoms with E-state index in [1.807, 2.05) is 0 Å². The zero-order valence-corrected chi connectivity index (χ0v) is 19.3. The van der Waals surface area contributed by atoms with Crippen molar-refractivity contribution in [2.24, 2.45) is 0 Å². The Morgan fingerprint density at radius 3 is 2.56 bits per heavy atom. The summed E-state index contributed by atoms with van der Waals surface area (Å²) in [7, 11) is 0. The number of halogens is 2. The van der Waals surface area contributed by atoms with E-state index in [4.69, 9.17) is 27.9 Å². The highest BCUT2D eigenvalue weighted by molar-refractivity contribution is 7.14. The molecule has 1 aromatic carbocycles. The normalized spacial score (nSPS) is 11.5. The van der Waals surface area contributed by atoms with Crippen molar-refractivity contribution >= 4 is 58.0 Å². The van der Waals surface area contributed by atoms with Crippen molar-refractivity contribution in [3.05, 3.63) is 53.7 Å². The number of phenols is 1. The van der Waals surface area contributed by atoms with E-state index < -0.39 is 35.3 Å². The summed E-state index contributed by atoms with van der Waals surface area (Å²) in [4.78, 5) is 47.4. The molecule has 1 heterocycles. The molecule has 0 unspecified atom stereocenters. The standard InChI is InChI=1S/C19H19Cl2N3O7S/c1-3-31-17(26)6-13(11-4-10(20)5-12(21)18(11)27)23-16(25)8-22-19(28)15-7-14(24(29)30)9(2)32-15/h4-5,7,13,27H,3,6,8H2,1-2H3,(H,22,28)(H,23,25)/t13-/m0/s1. The van der Waals surface area contributed by atoms with Crippen LogP contribution in [0.25, 0.3) is 0 Å². The molecular formula is C19H19Cl2N3O7S. The van der Waals surface area contributed by atoms with Gasteiger partial charge in [0.15, 0.2) is 0 Å². The second-order valence-electron chi connectivity index (χ2n) is 6.45. The molecule has 172 valence electrons. The maximum Gasteiger partial charge on any atom is 0.308 e. The summed E-state index contributed by atoms with van der Waals surface area (Å²) < 4.78 is 4.90. The summed E-state index contributed by atoms with van der Waals surface area (Å²) in [5.41, 5.74) is -0.0906. The summed E-state index contributed by atoms with van der Waals surface area (Å²) >= 11 is 12.8. The first-order valence-corrected chi connectivity index (χ1v) is 10.8. The van der Waals surface area contributed by atoms with Crippen LogP contribution >= 0.6 is 34.5 Å². The lowest BCUT2D eigenvalue weighted by Gasteiger charge is -2.20. The van der Waals surface area contributed by atoms with Gasteiger partial charge in [-0.05, 0) is 26.0 Å². The largest absolute Gasteiger partial charge is 0.506 e. The number of nitro groups is 1. The number of benzene rings is 1. The van der Waals surface area contributed by atoms with E-state index in [0.29, 0.717) is 4.88 Å². The van der Waals surface area contributed by atoms with Crippen LogP contribution in [0, 0.1) is 17.0 Å². The summed E-state index contributed by atoms with van der Waals surface area (Å²) in [6, 6.07) is 2.73. The molecule has 0 fully saturated rings. The molecule has 0 saturated carbocycles. The summed E-state index contributed by atoms with van der Waals surface area (Å²) in [6.07, 6.45) is -0.325. The van der Waals surface area contributed by atoms with Crippen molar-refractivity contribution in [3.8, 4) is 5.75 Å². The Bertz CT molecular complexity index is 1060. The number of aromatic hydroxyl groups is 1. The van der Waals surface area contributed by atoms with Gasteiger partial charge in [-0.2, -0.15) is 0 Å². The number of ether oxygens (including phenoxy) is 1. The van der Waals surface area contributed by atoms with Crippen LogP contribution < -0.4 is 10.6 Å². The minimum absolute atomic E-state index is 0.0708. The molecular weight excluding hydrogens is 485 g/mol. The lowest BCUT2D eigenvalue weighted by molar-refractivity contribution is -0.385. The quantitative estimate of drug-likeness (QED) is 0.269. The maximum atomic E-state index is 12.4. The van der Waals surface area contributed by atoms with Crippen LogP contribution in [-0.2, 0) is 14.3 Å². The van der Waals surface area contributed by atoms with Gasteiger partial charge < -0.3 is 20.5 Å². The Morgan fingerprint density at radius 1 is 1.28 bits per heavy atom. The fourth-order valence-corrected chi connectivity index (χ4v) is 4.15. The van der Waals surface area contributed by atoms with Crippen molar-refractivity contribution in [2.45, 2.75) is 26.3 Å². The van der Waals surface area contributed by atoms with Crippen LogP contribution in [0.4, 0.5) is 5.69 Å². The number of carbonyl (C=O) groups is 3. The molecule has 13 heteroatoms. The summed E-state index contributed by atoms with van der Waals surface area (Å²) in [5, 5.41) is 26.2. The number of nitrogens with one attached hydrogen (secondary N) is 2. The molecule has 0 aliphatic carbocycles. The summed E-state index contributed by atoms with van der Waals surface area (Å²) in [6.45, 7) is 2.75. The number of esters is 1. The molecule has 0 aliphatic rings. The predicted octanol–water partition coefficient (Wildman–Crippen LogP) is 3.52. The second-order valence-corrected chi connectivity index (χ2v) is 8.55. The Hall–Kier alpha value is -2.89. The fourth-order valence-electron chi connectivity index (χ4n) is 2.74. The average molecular weight is 504 g/mol. The molecule has 0 saturated heterocycles. The highest BCUT2D eigenvalue weighted by atomic mass is 35.5. The van der Waals surface area contributed by atoms with Gasteiger partial charge in [-0.15, -0.1) is 11.3 Å². The first-order valence-electron chi connectivity index (χ1n) is 9.19. The Balaban J connectivity index is 2.13. The van der Waals surface area contributed by atoms with Crippen LogP contribution in [0.1, 0.15) is 39.5 Å². The first kappa shape index (κ1) is 25.4. The molecule has 2 rings (SSSR count). The minimum atomic E-state index is -1.04. The van der Waals surface area contributed by atoms with E-state index in [2.05, 4.69) is 10.6 Å². The van der Waals surface area contributed by atoms with E-state index in [9.17, 15) is 29.6 Å². The Kier molecular flexibility index (Phi) is 8.81. The van der Waals surface area contributed by atoms with E-state index in [1.54, 1.807) is 6.92 Å². The number of hydrogen-bond donors (Lipinski definition) is 3. The minimum Gasteiger partial charge on any atom is -0.506 e. The van der Waals surface area contributed by atoms with Crippen molar-refractivity contribution in [1.29, 1.82) is 0 Å². The van der Waals surface area contributed by atoms with E-state index in [-0.39, 0.29) is 45.0 Å². The number of carbonyl (C=O) groups excluding carboxylic acids is 3. The van der Waals surface area contributed by atoms with Crippen LogP contribution in [0.5, 0.6) is 5.75 Å². The number of rotatable bonds is 9. The zero-order valence-electron chi connectivity index (χ0n) is 16.9. The maximum absolute atomic E-state index is 12.4. The number of phenolic OH excluding ortho intramolecular Hbond substituents is 1. The molecule has 32 heavy (non-hydrogen) atoms. The summed E-state index contributed by atoms with van der Waals surface area (Å²) in [5.74, 6) is -2.36. The van der Waals surface area contributed by atoms with E-state index in [1.165, 1.54) is 19.1 Å². The Labute approximate surface area is 196 Å². The molecule has 1 atom stereocenters. The predicted molar refractivity (Wildman–Crippen MR) is 118 cm³/mol. The molecule has 0 bridgehead atoms. The second kappa shape index (κ2) is 11.1. The van der Waals surface area contributed by atoms with Crippen LogP contribution in [0.3, 0.4) is 0 Å². The van der Waals surface area contributed by atoms with Crippen LogP contribution in [0.15, 0.2) is 18.2 Å². The number of thiophene rings is 1. The highest BCUT2D eigenvalue weighted by Gasteiger charge is 2.25. The van der Waals surface area contributed by atoms with Crippen molar-refractivity contribution < 1.29 is 29.2 Å².